The number of hydrogen-bond acceptors (Lipinski definition) is 1. The van der Waals surface area contributed by atoms with Crippen LogP contribution in [-0.2, 0) is 0 Å². The van der Waals surface area contributed by atoms with Crippen molar-refractivity contribution in [1.82, 2.24) is 0 Å². The van der Waals surface area contributed by atoms with E-state index in [0.29, 0.717) is 5.92 Å². The second-order valence-corrected chi connectivity index (χ2v) is 6.94. The molecule has 1 unspecified atom stereocenters. The zero-order chi connectivity index (χ0) is 14.8. The van der Waals surface area contributed by atoms with Gasteiger partial charge in [-0.1, -0.05) is 43.9 Å². The Labute approximate surface area is 142 Å². The van der Waals surface area contributed by atoms with Crippen LogP contribution in [0.15, 0.2) is 47.6 Å². The van der Waals surface area contributed by atoms with Crippen LogP contribution < -0.4 is 18.9 Å². The third kappa shape index (κ3) is 3.98. The average molecular weight is 278 g/mol. The van der Waals surface area contributed by atoms with Crippen molar-refractivity contribution in [3.05, 3.63) is 54.0 Å². The molecule has 0 aliphatic heterocycles. The van der Waals surface area contributed by atoms with E-state index < -0.39 is 0 Å². The maximum atomic E-state index is 9.63. The van der Waals surface area contributed by atoms with Crippen LogP contribution in [-0.4, -0.2) is 11.7 Å². The van der Waals surface area contributed by atoms with Crippen LogP contribution in [0.3, 0.4) is 0 Å². The van der Waals surface area contributed by atoms with Gasteiger partial charge in [-0.15, -0.1) is 0 Å². The summed E-state index contributed by atoms with van der Waals surface area (Å²) >= 11 is 0. The van der Waals surface area contributed by atoms with Gasteiger partial charge in [0.05, 0.1) is 0 Å². The van der Waals surface area contributed by atoms with Crippen LogP contribution in [0.4, 0.5) is 0 Å². The smallest absolute Gasteiger partial charge is 0.396 e. The van der Waals surface area contributed by atoms with Crippen molar-refractivity contribution in [3.8, 4) is 0 Å². The number of aliphatic hydroxyl groups is 1. The van der Waals surface area contributed by atoms with Crippen molar-refractivity contribution in [3.63, 3.8) is 0 Å². The topological polar surface area (TPSA) is 20.2 Å². The van der Waals surface area contributed by atoms with E-state index in [2.05, 4.69) is 70.6 Å². The third-order valence-electron chi connectivity index (χ3n) is 5.00. The maximum Gasteiger partial charge on any atom is 1.00 e. The third-order valence-corrected chi connectivity index (χ3v) is 5.00. The van der Waals surface area contributed by atoms with E-state index in [1.165, 1.54) is 11.1 Å². The molecule has 1 atom stereocenters. The minimum atomic E-state index is 0. The van der Waals surface area contributed by atoms with Crippen LogP contribution in [0.1, 0.15) is 40.5 Å². The zero-order valence-corrected chi connectivity index (χ0v) is 14.2. The number of aliphatic hydroxyl groups excluding tert-OH is 1. The summed E-state index contributed by atoms with van der Waals surface area (Å²) in [7, 11) is 0. The molecule has 0 bridgehead atoms. The minimum Gasteiger partial charge on any atom is -0.396 e. The second kappa shape index (κ2) is 7.10. The standard InChI is InChI=1S/C19H27O.Li/c1-15-8-9-16(14-20)18(2,3)17(15)10-13-19(4)11-6-5-7-12-19;/h5-7,10-13,16,20H,8-9,14H2,1-4H3;/q-1;+1/b13-10-;. The van der Waals surface area contributed by atoms with Crippen LogP contribution >= 0.6 is 0 Å². The Balaban J connectivity index is 0.00000220. The van der Waals surface area contributed by atoms with Gasteiger partial charge in [0.15, 0.2) is 0 Å². The van der Waals surface area contributed by atoms with Crippen LogP contribution in [0.5, 0.6) is 0 Å². The summed E-state index contributed by atoms with van der Waals surface area (Å²) in [5.74, 6) is 0.365. The van der Waals surface area contributed by atoms with Gasteiger partial charge < -0.3 is 5.11 Å². The predicted octanol–water partition coefficient (Wildman–Crippen LogP) is 1.63. The van der Waals surface area contributed by atoms with Gasteiger partial charge in [-0.3, -0.25) is 0 Å². The van der Waals surface area contributed by atoms with Crippen molar-refractivity contribution in [2.75, 3.05) is 6.61 Å². The van der Waals surface area contributed by atoms with E-state index in [1.807, 2.05) is 0 Å². The van der Waals surface area contributed by atoms with Crippen molar-refractivity contribution in [2.45, 2.75) is 40.5 Å². The molecule has 110 valence electrons. The molecule has 2 rings (SSSR count). The van der Waals surface area contributed by atoms with E-state index in [9.17, 15) is 5.11 Å². The fraction of sp³-hybridized carbons (Fsp3) is 0.526. The van der Waals surface area contributed by atoms with Gasteiger partial charge in [0.2, 0.25) is 0 Å². The molecule has 0 amide bonds. The summed E-state index contributed by atoms with van der Waals surface area (Å²) in [6.45, 7) is 9.26. The zero-order valence-electron chi connectivity index (χ0n) is 14.2. The molecular weight excluding hydrogens is 251 g/mol. The number of allylic oxidation sites excluding steroid dienone is 8. The first kappa shape index (κ1) is 18.4. The first-order valence-electron chi connectivity index (χ1n) is 7.60. The summed E-state index contributed by atoms with van der Waals surface area (Å²) in [4.78, 5) is 0. The molecule has 0 heterocycles. The summed E-state index contributed by atoms with van der Waals surface area (Å²) in [6, 6.07) is 0. The fourth-order valence-electron chi connectivity index (χ4n) is 3.35. The van der Waals surface area contributed by atoms with Crippen molar-refractivity contribution in [1.29, 1.82) is 0 Å². The molecule has 0 fully saturated rings. The van der Waals surface area contributed by atoms with Gasteiger partial charge in [-0.2, -0.15) is 30.7 Å². The van der Waals surface area contributed by atoms with Gasteiger partial charge in [0.1, 0.15) is 0 Å². The first-order valence-corrected chi connectivity index (χ1v) is 7.60. The van der Waals surface area contributed by atoms with Gasteiger partial charge in [-0.25, -0.2) is 0 Å². The molecule has 0 aromatic rings. The Hall–Kier alpha value is -0.613. The Bertz CT molecular complexity index is 468. The molecule has 0 saturated heterocycles. The summed E-state index contributed by atoms with van der Waals surface area (Å²) in [6.07, 6.45) is 17.5. The number of hydrogen-bond donors (Lipinski definition) is 1. The first-order chi connectivity index (χ1) is 9.39. The molecule has 0 saturated carbocycles. The SMILES string of the molecule is CC1=C(/C=C\C2(C)C=C[CH-]C=C2)C(C)(C)C(CO)CC1.[Li+]. The van der Waals surface area contributed by atoms with Crippen molar-refractivity contribution in [2.24, 2.45) is 16.7 Å². The molecule has 1 nitrogen and oxygen atoms in total. The molecule has 2 heteroatoms. The molecule has 21 heavy (non-hydrogen) atoms. The minimum absolute atomic E-state index is 0. The second-order valence-electron chi connectivity index (χ2n) is 6.94. The predicted molar refractivity (Wildman–Crippen MR) is 86.1 cm³/mol. The monoisotopic (exact) mass is 278 g/mol. The normalized spacial score (nSPS) is 26.6. The maximum absolute atomic E-state index is 9.63. The molecule has 2 aliphatic rings. The van der Waals surface area contributed by atoms with E-state index in [0.717, 1.165) is 12.8 Å². The van der Waals surface area contributed by atoms with E-state index in [1.54, 1.807) is 0 Å². The summed E-state index contributed by atoms with van der Waals surface area (Å²) < 4.78 is 0. The molecule has 0 aromatic heterocycles. The van der Waals surface area contributed by atoms with Gasteiger partial charge in [-0.05, 0) is 36.7 Å². The van der Waals surface area contributed by atoms with Crippen LogP contribution in [0.25, 0.3) is 0 Å². The van der Waals surface area contributed by atoms with Gasteiger partial charge >= 0.3 is 18.9 Å². The summed E-state index contributed by atoms with van der Waals surface area (Å²) in [5.41, 5.74) is 2.93. The van der Waals surface area contributed by atoms with Gasteiger partial charge in [0, 0.05) is 6.61 Å². The van der Waals surface area contributed by atoms with E-state index >= 15 is 0 Å². The van der Waals surface area contributed by atoms with Gasteiger partial charge in [0.25, 0.3) is 0 Å². The Morgan fingerprint density at radius 1 is 1.29 bits per heavy atom. The largest absolute Gasteiger partial charge is 1.00 e. The van der Waals surface area contributed by atoms with Crippen LogP contribution in [0, 0.1) is 23.2 Å². The van der Waals surface area contributed by atoms with Crippen molar-refractivity contribution >= 4 is 0 Å². The molecule has 0 spiro atoms. The fourth-order valence-corrected chi connectivity index (χ4v) is 3.35. The van der Waals surface area contributed by atoms with Crippen molar-refractivity contribution < 1.29 is 24.0 Å². The Morgan fingerprint density at radius 3 is 2.48 bits per heavy atom. The molecular formula is C19H27LiO. The van der Waals surface area contributed by atoms with Crippen LogP contribution in [0.2, 0.25) is 0 Å². The summed E-state index contributed by atoms with van der Waals surface area (Å²) in [5, 5.41) is 9.63. The molecule has 0 radical (unpaired) electrons. The Morgan fingerprint density at radius 2 is 1.90 bits per heavy atom. The number of rotatable bonds is 3. The van der Waals surface area contributed by atoms with E-state index in [4.69, 9.17) is 0 Å². The Kier molecular flexibility index (Phi) is 6.23. The quantitative estimate of drug-likeness (QED) is 0.614. The molecule has 0 aromatic carbocycles. The molecule has 2 aliphatic carbocycles. The molecule has 1 N–H and O–H groups in total. The van der Waals surface area contributed by atoms with E-state index in [-0.39, 0.29) is 36.3 Å². The average Bonchev–Trinajstić information content (AvgIpc) is 2.38.